The van der Waals surface area contributed by atoms with Crippen molar-refractivity contribution in [3.63, 3.8) is 0 Å². The number of amides is 1. The topological polar surface area (TPSA) is 35.6 Å². The molecule has 1 heterocycles. The molecule has 1 N–H and O–H groups in total. The van der Waals surface area contributed by atoms with Crippen molar-refractivity contribution in [2.45, 2.75) is 0 Å². The highest BCUT2D eigenvalue weighted by Gasteiger charge is 2.15. The zero-order valence-electron chi connectivity index (χ0n) is 11.0. The lowest BCUT2D eigenvalue weighted by molar-refractivity contribution is -0.111. The lowest BCUT2D eigenvalue weighted by Gasteiger charge is -2.34. The zero-order chi connectivity index (χ0) is 13.8. The Morgan fingerprint density at radius 2 is 2.00 bits per heavy atom. The molecule has 1 fully saturated rings. The second-order valence-electron chi connectivity index (χ2n) is 4.68. The Hall–Kier alpha value is -1.33. The van der Waals surface area contributed by atoms with Gasteiger partial charge >= 0.3 is 0 Å². The molecule has 0 aliphatic carbocycles. The van der Waals surface area contributed by atoms with Crippen LogP contribution in [0.3, 0.4) is 0 Å². The molecule has 0 radical (unpaired) electrons. The number of piperazine rings is 1. The molecule has 1 aromatic rings. The molecule has 0 spiro atoms. The number of likely N-dealkylation sites (N-methyl/N-ethyl adjacent to an activating group) is 1. The third kappa shape index (κ3) is 3.81. The van der Waals surface area contributed by atoms with Gasteiger partial charge in [-0.05, 0) is 31.3 Å². The van der Waals surface area contributed by atoms with E-state index in [1.165, 1.54) is 6.08 Å². The van der Waals surface area contributed by atoms with Gasteiger partial charge < -0.3 is 15.1 Å². The first kappa shape index (κ1) is 14.1. The van der Waals surface area contributed by atoms with Gasteiger partial charge in [-0.1, -0.05) is 22.5 Å². The van der Waals surface area contributed by atoms with Gasteiger partial charge in [-0.25, -0.2) is 0 Å². The first-order valence-electron chi connectivity index (χ1n) is 6.26. The highest BCUT2D eigenvalue weighted by atomic mass is 79.9. The molecule has 1 aromatic carbocycles. The summed E-state index contributed by atoms with van der Waals surface area (Å²) in [5, 5.41) is 2.80. The van der Waals surface area contributed by atoms with Crippen molar-refractivity contribution in [1.82, 2.24) is 4.90 Å². The summed E-state index contributed by atoms with van der Waals surface area (Å²) in [6, 6.07) is 5.97. The van der Waals surface area contributed by atoms with Crippen LogP contribution in [0.5, 0.6) is 0 Å². The normalized spacial score (nSPS) is 16.2. The molecule has 5 heteroatoms. The molecule has 2 rings (SSSR count). The number of carbonyl (C=O) groups excluding carboxylic acids is 1. The van der Waals surface area contributed by atoms with Crippen molar-refractivity contribution < 1.29 is 4.79 Å². The van der Waals surface area contributed by atoms with Gasteiger partial charge in [-0.3, -0.25) is 4.79 Å². The maximum Gasteiger partial charge on any atom is 0.247 e. The summed E-state index contributed by atoms with van der Waals surface area (Å²) in [4.78, 5) is 16.0. The molecule has 1 aliphatic heterocycles. The van der Waals surface area contributed by atoms with E-state index in [1.54, 1.807) is 0 Å². The summed E-state index contributed by atoms with van der Waals surface area (Å²) >= 11 is 3.49. The number of carbonyl (C=O) groups is 1. The van der Waals surface area contributed by atoms with Crippen molar-refractivity contribution in [3.05, 3.63) is 35.3 Å². The van der Waals surface area contributed by atoms with Gasteiger partial charge in [0.1, 0.15) is 0 Å². The molecular weight excluding hydrogens is 306 g/mol. The Kier molecular flexibility index (Phi) is 4.61. The number of rotatable bonds is 3. The molecule has 4 nitrogen and oxygen atoms in total. The van der Waals surface area contributed by atoms with E-state index in [2.05, 4.69) is 50.7 Å². The minimum absolute atomic E-state index is 0.192. The summed E-state index contributed by atoms with van der Waals surface area (Å²) in [6.45, 7) is 7.58. The van der Waals surface area contributed by atoms with Crippen LogP contribution in [0.2, 0.25) is 0 Å². The Morgan fingerprint density at radius 3 is 2.63 bits per heavy atom. The zero-order valence-corrected chi connectivity index (χ0v) is 12.6. The largest absolute Gasteiger partial charge is 0.369 e. The number of halogens is 1. The van der Waals surface area contributed by atoms with Crippen LogP contribution >= 0.6 is 15.9 Å². The van der Waals surface area contributed by atoms with Crippen molar-refractivity contribution in [3.8, 4) is 0 Å². The maximum absolute atomic E-state index is 11.4. The van der Waals surface area contributed by atoms with Crippen LogP contribution < -0.4 is 10.2 Å². The molecule has 19 heavy (non-hydrogen) atoms. The molecule has 1 amide bonds. The average molecular weight is 324 g/mol. The predicted octanol–water partition coefficient (Wildman–Crippen LogP) is 2.33. The molecular formula is C14H18BrN3O. The summed E-state index contributed by atoms with van der Waals surface area (Å²) in [5.41, 5.74) is 1.91. The van der Waals surface area contributed by atoms with Crippen molar-refractivity contribution in [2.24, 2.45) is 0 Å². The van der Waals surface area contributed by atoms with Gasteiger partial charge in [0.25, 0.3) is 0 Å². The minimum atomic E-state index is -0.192. The van der Waals surface area contributed by atoms with E-state index < -0.39 is 0 Å². The van der Waals surface area contributed by atoms with E-state index >= 15 is 0 Å². The average Bonchev–Trinajstić information content (AvgIpc) is 2.38. The standard InChI is InChI=1S/C14H18BrN3O/c1-3-14(19)16-12-8-11(15)9-13(10-12)18-6-4-17(2)5-7-18/h3,8-10H,1,4-7H2,2H3,(H,16,19). The highest BCUT2D eigenvalue weighted by Crippen LogP contribution is 2.26. The fraction of sp³-hybridized carbons (Fsp3) is 0.357. The van der Waals surface area contributed by atoms with Crippen LogP contribution in [0.1, 0.15) is 0 Å². The van der Waals surface area contributed by atoms with Crippen molar-refractivity contribution in [2.75, 3.05) is 43.4 Å². The van der Waals surface area contributed by atoms with Gasteiger partial charge in [-0.2, -0.15) is 0 Å². The van der Waals surface area contributed by atoms with E-state index in [0.29, 0.717) is 0 Å². The van der Waals surface area contributed by atoms with E-state index in [4.69, 9.17) is 0 Å². The number of nitrogens with zero attached hydrogens (tertiary/aromatic N) is 2. The first-order valence-corrected chi connectivity index (χ1v) is 7.05. The summed E-state index contributed by atoms with van der Waals surface area (Å²) in [6.07, 6.45) is 1.27. The van der Waals surface area contributed by atoms with Gasteiger partial charge in [-0.15, -0.1) is 0 Å². The van der Waals surface area contributed by atoms with Crippen LogP contribution in [0.15, 0.2) is 35.3 Å². The van der Waals surface area contributed by atoms with Crippen molar-refractivity contribution in [1.29, 1.82) is 0 Å². The van der Waals surface area contributed by atoms with E-state index in [9.17, 15) is 4.79 Å². The van der Waals surface area contributed by atoms with Crippen molar-refractivity contribution >= 4 is 33.2 Å². The summed E-state index contributed by atoms with van der Waals surface area (Å²) < 4.78 is 0.961. The SMILES string of the molecule is C=CC(=O)Nc1cc(Br)cc(N2CCN(C)CC2)c1. The van der Waals surface area contributed by atoms with Gasteiger partial charge in [0.05, 0.1) is 0 Å². The number of hydrogen-bond acceptors (Lipinski definition) is 3. The van der Waals surface area contributed by atoms with Gasteiger partial charge in [0.15, 0.2) is 0 Å². The first-order chi connectivity index (χ1) is 9.08. The predicted molar refractivity (Wildman–Crippen MR) is 82.7 cm³/mol. The third-order valence-corrected chi connectivity index (χ3v) is 3.66. The maximum atomic E-state index is 11.4. The molecule has 0 saturated carbocycles. The van der Waals surface area contributed by atoms with Gasteiger partial charge in [0, 0.05) is 42.0 Å². The summed E-state index contributed by atoms with van der Waals surface area (Å²) in [5.74, 6) is -0.192. The molecule has 0 unspecified atom stereocenters. The lowest BCUT2D eigenvalue weighted by Crippen LogP contribution is -2.44. The highest BCUT2D eigenvalue weighted by molar-refractivity contribution is 9.10. The monoisotopic (exact) mass is 323 g/mol. The van der Waals surface area contributed by atoms with E-state index in [0.717, 1.165) is 42.0 Å². The second kappa shape index (κ2) is 6.21. The fourth-order valence-electron chi connectivity index (χ4n) is 2.09. The number of nitrogens with one attached hydrogen (secondary N) is 1. The number of anilines is 2. The molecule has 0 aromatic heterocycles. The van der Waals surface area contributed by atoms with Crippen LogP contribution in [-0.2, 0) is 4.79 Å². The van der Waals surface area contributed by atoms with Crippen LogP contribution in [0.25, 0.3) is 0 Å². The quantitative estimate of drug-likeness (QED) is 0.867. The third-order valence-electron chi connectivity index (χ3n) is 3.20. The Bertz CT molecular complexity index is 482. The molecule has 1 saturated heterocycles. The number of benzene rings is 1. The van der Waals surface area contributed by atoms with Gasteiger partial charge in [0.2, 0.25) is 5.91 Å². The molecule has 0 bridgehead atoms. The fourth-order valence-corrected chi connectivity index (χ4v) is 2.57. The molecule has 1 aliphatic rings. The van der Waals surface area contributed by atoms with Crippen LogP contribution in [0.4, 0.5) is 11.4 Å². The summed E-state index contributed by atoms with van der Waals surface area (Å²) in [7, 11) is 2.13. The Morgan fingerprint density at radius 1 is 1.32 bits per heavy atom. The molecule has 102 valence electrons. The van der Waals surface area contributed by atoms with E-state index in [-0.39, 0.29) is 5.91 Å². The second-order valence-corrected chi connectivity index (χ2v) is 5.60. The lowest BCUT2D eigenvalue weighted by atomic mass is 10.2. The molecule has 0 atom stereocenters. The van der Waals surface area contributed by atoms with Crippen LogP contribution in [-0.4, -0.2) is 44.0 Å². The number of hydrogen-bond donors (Lipinski definition) is 1. The smallest absolute Gasteiger partial charge is 0.247 e. The Labute approximate surface area is 122 Å². The van der Waals surface area contributed by atoms with Crippen LogP contribution in [0, 0.1) is 0 Å². The van der Waals surface area contributed by atoms with E-state index in [1.807, 2.05) is 12.1 Å². The Balaban J connectivity index is 2.16. The minimum Gasteiger partial charge on any atom is -0.369 e.